The highest BCUT2D eigenvalue weighted by Crippen LogP contribution is 2.27. The fourth-order valence-corrected chi connectivity index (χ4v) is 3.73. The van der Waals surface area contributed by atoms with Crippen molar-refractivity contribution in [1.29, 1.82) is 0 Å². The first-order valence-electron chi connectivity index (χ1n) is 6.09. The molecule has 1 fully saturated rings. The summed E-state index contributed by atoms with van der Waals surface area (Å²) in [4.78, 5) is 23.4. The first-order chi connectivity index (χ1) is 9.37. The van der Waals surface area contributed by atoms with Gasteiger partial charge in [-0.3, -0.25) is 4.79 Å². The van der Waals surface area contributed by atoms with Crippen molar-refractivity contribution in [3.63, 3.8) is 0 Å². The summed E-state index contributed by atoms with van der Waals surface area (Å²) in [7, 11) is -2.86. The highest BCUT2D eigenvalue weighted by molar-refractivity contribution is 7.89. The fraction of sp³-hybridized carbons (Fsp3) is 0.385. The molecule has 0 aromatic heterocycles. The molecule has 1 aliphatic heterocycles. The zero-order chi connectivity index (χ0) is 14.9. The standard InChI is InChI=1S/C13H15NO5S/c1-9-3-5-10(6-4-9)20(17,18)14-11(13(16)19-2)7-8-12(14)15/h3-6,11H,7-8H2,1-2H3/t11-/m0/s1. The Hall–Kier alpha value is -1.89. The molecule has 0 spiro atoms. The van der Waals surface area contributed by atoms with E-state index in [2.05, 4.69) is 4.74 Å². The molecule has 1 atom stereocenters. The predicted octanol–water partition coefficient (Wildman–Crippen LogP) is 0.848. The van der Waals surface area contributed by atoms with Crippen molar-refractivity contribution in [1.82, 2.24) is 4.31 Å². The summed E-state index contributed by atoms with van der Waals surface area (Å²) in [6.07, 6.45) is 0.168. The molecule has 6 nitrogen and oxygen atoms in total. The number of carbonyl (C=O) groups excluding carboxylic acids is 2. The Morgan fingerprint density at radius 2 is 1.90 bits per heavy atom. The second kappa shape index (κ2) is 5.24. The number of aryl methyl sites for hydroxylation is 1. The van der Waals surface area contributed by atoms with Crippen LogP contribution in [0.5, 0.6) is 0 Å². The van der Waals surface area contributed by atoms with Gasteiger partial charge in [-0.15, -0.1) is 0 Å². The second-order valence-corrected chi connectivity index (χ2v) is 6.40. The van der Waals surface area contributed by atoms with Crippen LogP contribution in [0.2, 0.25) is 0 Å². The van der Waals surface area contributed by atoms with Crippen LogP contribution in [-0.4, -0.2) is 37.8 Å². The Kier molecular flexibility index (Phi) is 3.80. The van der Waals surface area contributed by atoms with Crippen LogP contribution < -0.4 is 0 Å². The molecule has 7 heteroatoms. The highest BCUT2D eigenvalue weighted by Gasteiger charge is 2.44. The fourth-order valence-electron chi connectivity index (χ4n) is 2.14. The summed E-state index contributed by atoms with van der Waals surface area (Å²) in [5.41, 5.74) is 0.904. The first kappa shape index (κ1) is 14.5. The van der Waals surface area contributed by atoms with Crippen molar-refractivity contribution >= 4 is 21.9 Å². The molecule has 1 heterocycles. The topological polar surface area (TPSA) is 80.8 Å². The molecule has 0 unspecified atom stereocenters. The summed E-state index contributed by atoms with van der Waals surface area (Å²) in [6, 6.07) is 5.05. The summed E-state index contributed by atoms with van der Waals surface area (Å²) < 4.78 is 30.2. The zero-order valence-electron chi connectivity index (χ0n) is 11.2. The summed E-state index contributed by atoms with van der Waals surface area (Å²) in [5.74, 6) is -1.30. The van der Waals surface area contributed by atoms with E-state index in [1.807, 2.05) is 6.92 Å². The minimum Gasteiger partial charge on any atom is -0.467 e. The van der Waals surface area contributed by atoms with E-state index in [-0.39, 0.29) is 17.7 Å². The van der Waals surface area contributed by atoms with Crippen LogP contribution in [0.1, 0.15) is 18.4 Å². The molecule has 1 saturated heterocycles. The smallest absolute Gasteiger partial charge is 0.329 e. The third kappa shape index (κ3) is 2.40. The lowest BCUT2D eigenvalue weighted by molar-refractivity contribution is -0.146. The number of benzene rings is 1. The van der Waals surface area contributed by atoms with Crippen LogP contribution in [0.4, 0.5) is 0 Å². The van der Waals surface area contributed by atoms with Crippen LogP contribution in [-0.2, 0) is 24.3 Å². The Morgan fingerprint density at radius 1 is 1.30 bits per heavy atom. The van der Waals surface area contributed by atoms with Gasteiger partial charge in [-0.05, 0) is 25.5 Å². The maximum atomic E-state index is 12.5. The number of ether oxygens (including phenoxy) is 1. The molecule has 108 valence electrons. The molecular weight excluding hydrogens is 282 g/mol. The van der Waals surface area contributed by atoms with E-state index in [0.717, 1.165) is 5.56 Å². The number of esters is 1. The van der Waals surface area contributed by atoms with Crippen LogP contribution in [0, 0.1) is 6.92 Å². The number of amides is 1. The van der Waals surface area contributed by atoms with Crippen molar-refractivity contribution in [2.24, 2.45) is 0 Å². The maximum absolute atomic E-state index is 12.5. The second-order valence-electron chi connectivity index (χ2n) is 4.59. The number of sulfonamides is 1. The molecule has 2 rings (SSSR count). The molecule has 0 saturated carbocycles. The van der Waals surface area contributed by atoms with Gasteiger partial charge in [-0.2, -0.15) is 0 Å². The predicted molar refractivity (Wildman–Crippen MR) is 70.2 cm³/mol. The van der Waals surface area contributed by atoms with Gasteiger partial charge in [-0.1, -0.05) is 17.7 Å². The van der Waals surface area contributed by atoms with Crippen LogP contribution in [0.15, 0.2) is 29.2 Å². The Balaban J connectivity index is 2.43. The third-order valence-corrected chi connectivity index (χ3v) is 5.06. The summed E-state index contributed by atoms with van der Waals surface area (Å²) in [5, 5.41) is 0. The van der Waals surface area contributed by atoms with E-state index < -0.39 is 27.9 Å². The van der Waals surface area contributed by atoms with Crippen LogP contribution in [0.25, 0.3) is 0 Å². The van der Waals surface area contributed by atoms with E-state index in [0.29, 0.717) is 4.31 Å². The zero-order valence-corrected chi connectivity index (χ0v) is 12.0. The lowest BCUT2D eigenvalue weighted by Crippen LogP contribution is -2.43. The molecule has 0 N–H and O–H groups in total. The quantitative estimate of drug-likeness (QED) is 0.773. The molecule has 1 aliphatic rings. The molecule has 20 heavy (non-hydrogen) atoms. The molecule has 0 aliphatic carbocycles. The lowest BCUT2D eigenvalue weighted by atomic mass is 10.2. The Bertz CT molecular complexity index is 635. The Morgan fingerprint density at radius 3 is 2.45 bits per heavy atom. The lowest BCUT2D eigenvalue weighted by Gasteiger charge is -2.22. The van der Waals surface area contributed by atoms with Gasteiger partial charge in [0.05, 0.1) is 12.0 Å². The van der Waals surface area contributed by atoms with Crippen molar-refractivity contribution in [2.75, 3.05) is 7.11 Å². The number of methoxy groups -OCH3 is 1. The molecule has 1 aromatic rings. The van der Waals surface area contributed by atoms with Gasteiger partial charge < -0.3 is 4.74 Å². The van der Waals surface area contributed by atoms with Crippen molar-refractivity contribution in [3.8, 4) is 0 Å². The molecule has 1 amide bonds. The SMILES string of the molecule is COC(=O)[C@@H]1CCC(=O)N1S(=O)(=O)c1ccc(C)cc1. The summed E-state index contributed by atoms with van der Waals surface area (Å²) in [6.45, 7) is 1.83. The molecule has 0 radical (unpaired) electrons. The largest absolute Gasteiger partial charge is 0.467 e. The molecule has 0 bridgehead atoms. The maximum Gasteiger partial charge on any atom is 0.329 e. The average molecular weight is 297 g/mol. The van der Waals surface area contributed by atoms with Gasteiger partial charge in [0.2, 0.25) is 5.91 Å². The Labute approximate surface area is 117 Å². The number of hydrogen-bond donors (Lipinski definition) is 0. The van der Waals surface area contributed by atoms with Gasteiger partial charge in [0, 0.05) is 6.42 Å². The van der Waals surface area contributed by atoms with Gasteiger partial charge >= 0.3 is 5.97 Å². The van der Waals surface area contributed by atoms with Crippen molar-refractivity contribution in [3.05, 3.63) is 29.8 Å². The monoisotopic (exact) mass is 297 g/mol. The molecular formula is C13H15NO5S. The van der Waals surface area contributed by atoms with Crippen LogP contribution in [0.3, 0.4) is 0 Å². The van der Waals surface area contributed by atoms with Crippen molar-refractivity contribution in [2.45, 2.75) is 30.7 Å². The first-order valence-corrected chi connectivity index (χ1v) is 7.53. The highest BCUT2D eigenvalue weighted by atomic mass is 32.2. The number of rotatable bonds is 3. The van der Waals surface area contributed by atoms with E-state index in [1.54, 1.807) is 12.1 Å². The van der Waals surface area contributed by atoms with Gasteiger partial charge in [0.15, 0.2) is 0 Å². The van der Waals surface area contributed by atoms with Crippen molar-refractivity contribution < 1.29 is 22.7 Å². The van der Waals surface area contributed by atoms with E-state index in [1.165, 1.54) is 19.2 Å². The van der Waals surface area contributed by atoms with E-state index >= 15 is 0 Å². The van der Waals surface area contributed by atoms with Gasteiger partial charge in [0.1, 0.15) is 6.04 Å². The van der Waals surface area contributed by atoms with Gasteiger partial charge in [0.25, 0.3) is 10.0 Å². The van der Waals surface area contributed by atoms with Crippen LogP contribution >= 0.6 is 0 Å². The minimum atomic E-state index is -4.03. The third-order valence-electron chi connectivity index (χ3n) is 3.21. The molecule has 1 aromatic carbocycles. The number of nitrogens with zero attached hydrogens (tertiary/aromatic N) is 1. The van der Waals surface area contributed by atoms with Gasteiger partial charge in [-0.25, -0.2) is 17.5 Å². The normalized spacial score (nSPS) is 19.2. The number of hydrogen-bond acceptors (Lipinski definition) is 5. The minimum absolute atomic E-state index is 0.00717. The number of carbonyl (C=O) groups is 2. The summed E-state index contributed by atoms with van der Waals surface area (Å²) >= 11 is 0. The van der Waals surface area contributed by atoms with E-state index in [9.17, 15) is 18.0 Å². The average Bonchev–Trinajstić information content (AvgIpc) is 2.81. The van der Waals surface area contributed by atoms with E-state index in [4.69, 9.17) is 0 Å².